The number of aryl methyl sites for hydroxylation is 2. The molecule has 0 fully saturated rings. The van der Waals surface area contributed by atoms with Gasteiger partial charge in [-0.05, 0) is 37.8 Å². The molecule has 0 saturated carbocycles. The summed E-state index contributed by atoms with van der Waals surface area (Å²) in [4.78, 5) is 25.7. The van der Waals surface area contributed by atoms with Crippen LogP contribution < -0.4 is 4.74 Å². The Bertz CT molecular complexity index is 534. The van der Waals surface area contributed by atoms with Crippen molar-refractivity contribution in [1.29, 1.82) is 0 Å². The molecule has 0 bridgehead atoms. The Balaban J connectivity index is 2.65. The monoisotopic (exact) mass is 335 g/mol. The first-order valence-electron chi connectivity index (χ1n) is 8.47. The highest BCUT2D eigenvalue weighted by molar-refractivity contribution is 5.78. The number of para-hydroxylation sites is 1. The molecule has 5 nitrogen and oxygen atoms in total. The SMILES string of the molecule is CCOC(=O)CCN(CC(C)C)C(=O)COc1c(C)cccc1C. The lowest BCUT2D eigenvalue weighted by molar-refractivity contribution is -0.144. The van der Waals surface area contributed by atoms with E-state index >= 15 is 0 Å². The van der Waals surface area contributed by atoms with Gasteiger partial charge in [0.15, 0.2) is 6.61 Å². The summed E-state index contributed by atoms with van der Waals surface area (Å²) >= 11 is 0. The fraction of sp³-hybridized carbons (Fsp3) is 0.579. The molecule has 1 aromatic rings. The van der Waals surface area contributed by atoms with Crippen molar-refractivity contribution in [3.8, 4) is 5.75 Å². The third-order valence-corrected chi connectivity index (χ3v) is 3.58. The number of rotatable bonds is 9. The highest BCUT2D eigenvalue weighted by atomic mass is 16.5. The lowest BCUT2D eigenvalue weighted by Gasteiger charge is -2.24. The summed E-state index contributed by atoms with van der Waals surface area (Å²) < 4.78 is 10.7. The number of carbonyl (C=O) groups is 2. The summed E-state index contributed by atoms with van der Waals surface area (Å²) in [6.07, 6.45) is 0.204. The molecule has 0 unspecified atom stereocenters. The standard InChI is InChI=1S/C19H29NO4/c1-6-23-18(22)10-11-20(12-14(2)3)17(21)13-24-19-15(4)8-7-9-16(19)5/h7-9,14H,6,10-13H2,1-5H3. The van der Waals surface area contributed by atoms with E-state index in [1.807, 2.05) is 45.9 Å². The van der Waals surface area contributed by atoms with Crippen LogP contribution in [0.15, 0.2) is 18.2 Å². The Labute approximate surface area is 144 Å². The molecule has 0 spiro atoms. The number of carbonyl (C=O) groups excluding carboxylic acids is 2. The second-order valence-electron chi connectivity index (χ2n) is 6.30. The highest BCUT2D eigenvalue weighted by Gasteiger charge is 2.18. The van der Waals surface area contributed by atoms with Crippen LogP contribution >= 0.6 is 0 Å². The topological polar surface area (TPSA) is 55.8 Å². The molecule has 134 valence electrons. The Morgan fingerprint density at radius 1 is 1.17 bits per heavy atom. The van der Waals surface area contributed by atoms with E-state index in [0.717, 1.165) is 16.9 Å². The van der Waals surface area contributed by atoms with E-state index in [0.29, 0.717) is 25.6 Å². The predicted molar refractivity (Wildman–Crippen MR) is 94.1 cm³/mol. The van der Waals surface area contributed by atoms with Crippen LogP contribution in [0.4, 0.5) is 0 Å². The Hall–Kier alpha value is -2.04. The number of ether oxygens (including phenoxy) is 2. The quantitative estimate of drug-likeness (QED) is 0.651. The first-order valence-corrected chi connectivity index (χ1v) is 8.47. The summed E-state index contributed by atoms with van der Waals surface area (Å²) in [5.74, 6) is 0.669. The van der Waals surface area contributed by atoms with E-state index in [2.05, 4.69) is 0 Å². The first-order chi connectivity index (χ1) is 11.3. The van der Waals surface area contributed by atoms with Crippen LogP contribution in [-0.2, 0) is 14.3 Å². The van der Waals surface area contributed by atoms with Crippen molar-refractivity contribution < 1.29 is 19.1 Å². The zero-order chi connectivity index (χ0) is 18.1. The molecule has 1 rings (SSSR count). The second kappa shape index (κ2) is 9.96. The lowest BCUT2D eigenvalue weighted by atomic mass is 10.1. The van der Waals surface area contributed by atoms with Gasteiger partial charge in [0.2, 0.25) is 0 Å². The molecule has 0 aromatic heterocycles. The van der Waals surface area contributed by atoms with E-state index in [1.54, 1.807) is 11.8 Å². The maximum Gasteiger partial charge on any atom is 0.307 e. The minimum atomic E-state index is -0.283. The third-order valence-electron chi connectivity index (χ3n) is 3.58. The first kappa shape index (κ1) is 20.0. The van der Waals surface area contributed by atoms with Crippen LogP contribution in [0.25, 0.3) is 0 Å². The number of nitrogens with zero attached hydrogens (tertiary/aromatic N) is 1. The largest absolute Gasteiger partial charge is 0.483 e. The van der Waals surface area contributed by atoms with Crippen LogP contribution in [0.5, 0.6) is 5.75 Å². The zero-order valence-corrected chi connectivity index (χ0v) is 15.4. The molecule has 0 N–H and O–H groups in total. The molecule has 0 radical (unpaired) electrons. The van der Waals surface area contributed by atoms with Gasteiger partial charge in [0, 0.05) is 13.1 Å². The number of esters is 1. The molecule has 1 amide bonds. The van der Waals surface area contributed by atoms with E-state index in [1.165, 1.54) is 0 Å². The van der Waals surface area contributed by atoms with Gasteiger partial charge in [-0.25, -0.2) is 0 Å². The average Bonchev–Trinajstić information content (AvgIpc) is 2.50. The van der Waals surface area contributed by atoms with Crippen molar-refractivity contribution in [3.05, 3.63) is 29.3 Å². The Morgan fingerprint density at radius 2 is 1.79 bits per heavy atom. The molecule has 1 aromatic carbocycles. The van der Waals surface area contributed by atoms with E-state index in [-0.39, 0.29) is 24.9 Å². The number of amides is 1. The molecule has 0 heterocycles. The van der Waals surface area contributed by atoms with E-state index < -0.39 is 0 Å². The maximum atomic E-state index is 12.5. The summed E-state index contributed by atoms with van der Waals surface area (Å²) in [6, 6.07) is 5.88. The fourth-order valence-corrected chi connectivity index (χ4v) is 2.47. The van der Waals surface area contributed by atoms with Gasteiger partial charge in [-0.1, -0.05) is 32.0 Å². The molecular weight excluding hydrogens is 306 g/mol. The van der Waals surface area contributed by atoms with Gasteiger partial charge in [-0.15, -0.1) is 0 Å². The van der Waals surface area contributed by atoms with Gasteiger partial charge in [0.25, 0.3) is 5.91 Å². The van der Waals surface area contributed by atoms with Gasteiger partial charge >= 0.3 is 5.97 Å². The number of benzene rings is 1. The van der Waals surface area contributed by atoms with Gasteiger partial charge in [-0.2, -0.15) is 0 Å². The fourth-order valence-electron chi connectivity index (χ4n) is 2.47. The van der Waals surface area contributed by atoms with Gasteiger partial charge < -0.3 is 14.4 Å². The minimum absolute atomic E-state index is 0.0265. The summed E-state index contributed by atoms with van der Waals surface area (Å²) in [6.45, 7) is 11.0. The molecule has 0 aliphatic rings. The molecule has 0 atom stereocenters. The maximum absolute atomic E-state index is 12.5. The van der Waals surface area contributed by atoms with Crippen molar-refractivity contribution >= 4 is 11.9 Å². The number of hydrogen-bond donors (Lipinski definition) is 0. The van der Waals surface area contributed by atoms with Crippen LogP contribution in [0.3, 0.4) is 0 Å². The van der Waals surface area contributed by atoms with E-state index in [9.17, 15) is 9.59 Å². The molecule has 5 heteroatoms. The smallest absolute Gasteiger partial charge is 0.307 e. The van der Waals surface area contributed by atoms with Crippen molar-refractivity contribution in [2.24, 2.45) is 5.92 Å². The Kier molecular flexibility index (Phi) is 8.30. The van der Waals surface area contributed by atoms with Crippen molar-refractivity contribution in [2.45, 2.75) is 41.0 Å². The van der Waals surface area contributed by atoms with Crippen LogP contribution in [0.2, 0.25) is 0 Å². The minimum Gasteiger partial charge on any atom is -0.483 e. The normalized spacial score (nSPS) is 10.6. The van der Waals surface area contributed by atoms with Gasteiger partial charge in [0.1, 0.15) is 5.75 Å². The molecule has 0 aliphatic heterocycles. The summed E-state index contributed by atoms with van der Waals surface area (Å²) in [5, 5.41) is 0. The van der Waals surface area contributed by atoms with Crippen molar-refractivity contribution in [3.63, 3.8) is 0 Å². The average molecular weight is 335 g/mol. The zero-order valence-electron chi connectivity index (χ0n) is 15.4. The van der Waals surface area contributed by atoms with Crippen LogP contribution in [0, 0.1) is 19.8 Å². The molecule has 0 aliphatic carbocycles. The van der Waals surface area contributed by atoms with Crippen molar-refractivity contribution in [1.82, 2.24) is 4.90 Å². The molecule has 0 saturated heterocycles. The predicted octanol–water partition coefficient (Wildman–Crippen LogP) is 3.12. The molecular formula is C19H29NO4. The molecule has 24 heavy (non-hydrogen) atoms. The second-order valence-corrected chi connectivity index (χ2v) is 6.30. The van der Waals surface area contributed by atoms with Crippen LogP contribution in [-0.4, -0.2) is 43.1 Å². The third kappa shape index (κ3) is 6.60. The number of hydrogen-bond acceptors (Lipinski definition) is 4. The summed E-state index contributed by atoms with van der Waals surface area (Å²) in [7, 11) is 0. The van der Waals surface area contributed by atoms with Crippen LogP contribution in [0.1, 0.15) is 38.3 Å². The summed E-state index contributed by atoms with van der Waals surface area (Å²) in [5.41, 5.74) is 2.01. The van der Waals surface area contributed by atoms with Crippen molar-refractivity contribution in [2.75, 3.05) is 26.3 Å². The van der Waals surface area contributed by atoms with E-state index in [4.69, 9.17) is 9.47 Å². The van der Waals surface area contributed by atoms with Gasteiger partial charge in [-0.3, -0.25) is 9.59 Å². The highest BCUT2D eigenvalue weighted by Crippen LogP contribution is 2.22. The lowest BCUT2D eigenvalue weighted by Crippen LogP contribution is -2.39. The van der Waals surface area contributed by atoms with Gasteiger partial charge in [0.05, 0.1) is 13.0 Å². The Morgan fingerprint density at radius 3 is 2.33 bits per heavy atom.